The van der Waals surface area contributed by atoms with Gasteiger partial charge in [-0.25, -0.2) is 13.4 Å². The van der Waals surface area contributed by atoms with E-state index in [1.165, 1.54) is 18.3 Å². The maximum absolute atomic E-state index is 12.7. The fourth-order valence-electron chi connectivity index (χ4n) is 2.70. The summed E-state index contributed by atoms with van der Waals surface area (Å²) >= 11 is 6.15. The first-order chi connectivity index (χ1) is 14.4. The second-order valence-electron chi connectivity index (χ2n) is 6.70. The third-order valence-electron chi connectivity index (χ3n) is 4.39. The van der Waals surface area contributed by atoms with E-state index in [0.29, 0.717) is 6.20 Å². The number of sulfone groups is 1. The maximum Gasteiger partial charge on any atom is 0.417 e. The molecule has 2 heterocycles. The number of hydrogen-bond acceptors (Lipinski definition) is 6. The van der Waals surface area contributed by atoms with E-state index in [-0.39, 0.29) is 27.5 Å². The Balaban J connectivity index is 1.84. The lowest BCUT2D eigenvalue weighted by Gasteiger charge is -2.17. The SMILES string of the molecule is CC(Nc1cnn(-c2ccc(C(F)(F)F)cn2)c(=O)c1Cl)c1ccc(S(C)(=O)=O)cc1. The van der Waals surface area contributed by atoms with Gasteiger partial charge in [-0.1, -0.05) is 23.7 Å². The smallest absolute Gasteiger partial charge is 0.376 e. The Morgan fingerprint density at radius 3 is 2.26 bits per heavy atom. The first-order valence-corrected chi connectivity index (χ1v) is 11.0. The lowest BCUT2D eigenvalue weighted by atomic mass is 10.1. The molecule has 0 bridgehead atoms. The Kier molecular flexibility index (Phi) is 6.10. The van der Waals surface area contributed by atoms with Crippen LogP contribution in [-0.2, 0) is 16.0 Å². The number of anilines is 1. The number of aromatic nitrogens is 3. The Bertz CT molecular complexity index is 1260. The highest BCUT2D eigenvalue weighted by molar-refractivity contribution is 7.90. The molecule has 0 aliphatic carbocycles. The van der Waals surface area contributed by atoms with E-state index >= 15 is 0 Å². The van der Waals surface area contributed by atoms with Crippen molar-refractivity contribution in [1.82, 2.24) is 14.8 Å². The molecule has 0 aliphatic heterocycles. The molecule has 31 heavy (non-hydrogen) atoms. The summed E-state index contributed by atoms with van der Waals surface area (Å²) in [5.74, 6) is -0.115. The molecule has 0 radical (unpaired) electrons. The normalized spacial score (nSPS) is 13.1. The molecule has 12 heteroatoms. The molecule has 164 valence electrons. The minimum atomic E-state index is -4.55. The van der Waals surface area contributed by atoms with Gasteiger partial charge in [0, 0.05) is 18.5 Å². The highest BCUT2D eigenvalue weighted by Crippen LogP contribution is 2.29. The maximum atomic E-state index is 12.7. The van der Waals surface area contributed by atoms with Crippen LogP contribution in [0, 0.1) is 0 Å². The van der Waals surface area contributed by atoms with Gasteiger partial charge in [0.05, 0.1) is 22.3 Å². The van der Waals surface area contributed by atoms with Crippen LogP contribution in [0.5, 0.6) is 0 Å². The Morgan fingerprint density at radius 1 is 1.10 bits per heavy atom. The molecule has 0 saturated carbocycles. The monoisotopic (exact) mass is 472 g/mol. The standard InChI is InChI=1S/C19H16ClF3N4O3S/c1-11(12-3-6-14(7-4-12)31(2,29)30)26-15-10-25-27(18(28)17(15)20)16-8-5-13(9-24-16)19(21,22)23/h3-11,26H,1-2H3. The van der Waals surface area contributed by atoms with Crippen molar-refractivity contribution in [3.05, 3.63) is 75.3 Å². The average Bonchev–Trinajstić information content (AvgIpc) is 2.70. The van der Waals surface area contributed by atoms with Crippen molar-refractivity contribution in [2.24, 2.45) is 0 Å². The Labute approximate surface area is 180 Å². The van der Waals surface area contributed by atoms with E-state index in [1.54, 1.807) is 19.1 Å². The van der Waals surface area contributed by atoms with Crippen LogP contribution in [0.15, 0.2) is 58.5 Å². The summed E-state index contributed by atoms with van der Waals surface area (Å²) in [4.78, 5) is 16.4. The number of nitrogens with one attached hydrogen (secondary N) is 1. The molecular formula is C19H16ClF3N4O3S. The van der Waals surface area contributed by atoms with Gasteiger partial charge in [0.25, 0.3) is 5.56 Å². The molecule has 0 amide bonds. The van der Waals surface area contributed by atoms with Crippen molar-refractivity contribution in [3.8, 4) is 5.82 Å². The summed E-state index contributed by atoms with van der Waals surface area (Å²) in [6.07, 6.45) is -1.59. The molecule has 0 fully saturated rings. The van der Waals surface area contributed by atoms with Gasteiger partial charge in [0.1, 0.15) is 5.02 Å². The van der Waals surface area contributed by atoms with E-state index in [4.69, 9.17) is 11.6 Å². The topological polar surface area (TPSA) is 93.9 Å². The van der Waals surface area contributed by atoms with Crippen LogP contribution in [-0.4, -0.2) is 29.4 Å². The lowest BCUT2D eigenvalue weighted by molar-refractivity contribution is -0.137. The lowest BCUT2D eigenvalue weighted by Crippen LogP contribution is -2.24. The van der Waals surface area contributed by atoms with Crippen LogP contribution in [0.25, 0.3) is 5.82 Å². The van der Waals surface area contributed by atoms with Gasteiger partial charge < -0.3 is 5.32 Å². The molecule has 1 aromatic carbocycles. The Hall–Kier alpha value is -2.92. The average molecular weight is 473 g/mol. The molecule has 1 N–H and O–H groups in total. The zero-order valence-electron chi connectivity index (χ0n) is 16.2. The van der Waals surface area contributed by atoms with Crippen molar-refractivity contribution < 1.29 is 21.6 Å². The van der Waals surface area contributed by atoms with Gasteiger partial charge in [-0.05, 0) is 36.8 Å². The van der Waals surface area contributed by atoms with E-state index in [2.05, 4.69) is 15.4 Å². The molecule has 0 spiro atoms. The number of nitrogens with zero attached hydrogens (tertiary/aromatic N) is 3. The van der Waals surface area contributed by atoms with E-state index in [9.17, 15) is 26.4 Å². The molecule has 3 aromatic rings. The molecule has 3 rings (SSSR count). The van der Waals surface area contributed by atoms with Crippen LogP contribution in [0.2, 0.25) is 5.02 Å². The van der Waals surface area contributed by atoms with Crippen LogP contribution in [0.3, 0.4) is 0 Å². The van der Waals surface area contributed by atoms with Crippen molar-refractivity contribution in [1.29, 1.82) is 0 Å². The third-order valence-corrected chi connectivity index (χ3v) is 5.89. The number of rotatable bonds is 5. The second kappa shape index (κ2) is 8.31. The van der Waals surface area contributed by atoms with Gasteiger partial charge in [-0.15, -0.1) is 0 Å². The molecule has 0 aliphatic rings. The summed E-state index contributed by atoms with van der Waals surface area (Å²) in [6, 6.07) is 7.65. The van der Waals surface area contributed by atoms with Crippen molar-refractivity contribution in [3.63, 3.8) is 0 Å². The van der Waals surface area contributed by atoms with Gasteiger partial charge in [-0.3, -0.25) is 4.79 Å². The molecule has 0 saturated heterocycles. The highest BCUT2D eigenvalue weighted by atomic mass is 35.5. The van der Waals surface area contributed by atoms with Crippen LogP contribution >= 0.6 is 11.6 Å². The minimum Gasteiger partial charge on any atom is -0.376 e. The quantitative estimate of drug-likeness (QED) is 0.605. The fourth-order valence-corrected chi connectivity index (χ4v) is 3.51. The largest absolute Gasteiger partial charge is 0.417 e. The molecule has 1 unspecified atom stereocenters. The molecule has 2 aromatic heterocycles. The summed E-state index contributed by atoms with van der Waals surface area (Å²) in [5, 5.41) is 6.71. The summed E-state index contributed by atoms with van der Waals surface area (Å²) < 4.78 is 62.0. The third kappa shape index (κ3) is 5.05. The summed E-state index contributed by atoms with van der Waals surface area (Å²) in [6.45, 7) is 1.77. The summed E-state index contributed by atoms with van der Waals surface area (Å²) in [5.41, 5.74) is -0.783. The number of pyridine rings is 1. The van der Waals surface area contributed by atoms with Gasteiger partial charge in [0.2, 0.25) is 0 Å². The van der Waals surface area contributed by atoms with Crippen LogP contribution in [0.4, 0.5) is 18.9 Å². The van der Waals surface area contributed by atoms with E-state index < -0.39 is 27.1 Å². The molecular weight excluding hydrogens is 457 g/mol. The Morgan fingerprint density at radius 2 is 1.74 bits per heavy atom. The van der Waals surface area contributed by atoms with Crippen molar-refractivity contribution in [2.75, 3.05) is 11.6 Å². The predicted octanol–water partition coefficient (Wildman–Crippen LogP) is 3.88. The molecule has 1 atom stereocenters. The summed E-state index contributed by atoms with van der Waals surface area (Å²) in [7, 11) is -3.32. The van der Waals surface area contributed by atoms with Crippen LogP contribution < -0.4 is 10.9 Å². The predicted molar refractivity (Wildman–Crippen MR) is 109 cm³/mol. The second-order valence-corrected chi connectivity index (χ2v) is 9.09. The zero-order chi connectivity index (χ0) is 23.0. The van der Waals surface area contributed by atoms with E-state index in [1.807, 2.05) is 0 Å². The first-order valence-electron chi connectivity index (χ1n) is 8.76. The number of hydrogen-bond donors (Lipinski definition) is 1. The van der Waals surface area contributed by atoms with Gasteiger partial charge in [-0.2, -0.15) is 23.0 Å². The minimum absolute atomic E-state index is 0.115. The van der Waals surface area contributed by atoms with E-state index in [0.717, 1.165) is 28.6 Å². The van der Waals surface area contributed by atoms with Gasteiger partial charge >= 0.3 is 6.18 Å². The van der Waals surface area contributed by atoms with Crippen molar-refractivity contribution in [2.45, 2.75) is 24.0 Å². The molecule has 7 nitrogen and oxygen atoms in total. The first kappa shape index (κ1) is 22.8. The number of halogens is 4. The number of benzene rings is 1. The highest BCUT2D eigenvalue weighted by Gasteiger charge is 2.30. The zero-order valence-corrected chi connectivity index (χ0v) is 17.8. The van der Waals surface area contributed by atoms with Crippen LogP contribution in [0.1, 0.15) is 24.1 Å². The van der Waals surface area contributed by atoms with Gasteiger partial charge in [0.15, 0.2) is 15.7 Å². The number of alkyl halides is 3. The fraction of sp³-hybridized carbons (Fsp3) is 0.211. The van der Waals surface area contributed by atoms with Crippen molar-refractivity contribution >= 4 is 27.1 Å².